The highest BCUT2D eigenvalue weighted by molar-refractivity contribution is 14.1. The highest BCUT2D eigenvalue weighted by Gasteiger charge is 2.40. The molecule has 11 heteroatoms. The van der Waals surface area contributed by atoms with Crippen LogP contribution in [-0.4, -0.2) is 92.0 Å². The molecule has 0 saturated heterocycles. The van der Waals surface area contributed by atoms with E-state index in [9.17, 15) is 19.5 Å². The number of carbonyl (C=O) groups excluding carboxylic acids is 3. The Balaban J connectivity index is 2.46. The summed E-state index contributed by atoms with van der Waals surface area (Å²) in [5, 5.41) is 23.3. The Kier molecular flexibility index (Phi) is 14.0. The van der Waals surface area contributed by atoms with Crippen LogP contribution in [0.25, 0.3) is 0 Å². The molecule has 0 bridgehead atoms. The number of aliphatic hydroxyl groups is 2. The summed E-state index contributed by atoms with van der Waals surface area (Å²) in [5.41, 5.74) is 0.748. The number of aliphatic hydroxyl groups excluding tert-OH is 2. The molecule has 2 rings (SSSR count). The summed E-state index contributed by atoms with van der Waals surface area (Å²) in [6, 6.07) is 2.44. The minimum atomic E-state index is -1.15. The van der Waals surface area contributed by atoms with E-state index in [1.54, 1.807) is 17.0 Å². The molecule has 3 atom stereocenters. The molecule has 3 N–H and O–H groups in total. The van der Waals surface area contributed by atoms with E-state index in [-0.39, 0.29) is 38.5 Å². The van der Waals surface area contributed by atoms with Crippen molar-refractivity contribution in [1.29, 1.82) is 0 Å². The molecule has 1 aromatic carbocycles. The molecule has 0 spiro atoms. The van der Waals surface area contributed by atoms with Crippen LogP contribution in [0, 0.1) is 3.57 Å². The Bertz CT molecular complexity index is 971. The van der Waals surface area contributed by atoms with Gasteiger partial charge in [0.25, 0.3) is 0 Å². The van der Waals surface area contributed by atoms with Crippen molar-refractivity contribution in [2.45, 2.75) is 63.7 Å². The van der Waals surface area contributed by atoms with E-state index in [1.807, 2.05) is 22.6 Å². The van der Waals surface area contributed by atoms with Gasteiger partial charge in [0.2, 0.25) is 11.8 Å². The number of aldehydes is 1. The molecule has 0 aromatic heterocycles. The Morgan fingerprint density at radius 2 is 2.00 bits per heavy atom. The predicted octanol–water partition coefficient (Wildman–Crippen LogP) is 2.47. The number of nitrogens with zero attached hydrogens (tertiary/aromatic N) is 1. The van der Waals surface area contributed by atoms with Crippen molar-refractivity contribution in [3.63, 3.8) is 0 Å². The van der Waals surface area contributed by atoms with Gasteiger partial charge in [-0.3, -0.25) is 14.4 Å². The quantitative estimate of drug-likeness (QED) is 0.142. The molecule has 212 valence electrons. The highest BCUT2D eigenvalue weighted by Crippen LogP contribution is 2.37. The number of nitrogens with one attached hydrogen (secondary N) is 1. The fourth-order valence-corrected chi connectivity index (χ4v) is 5.11. The molecular formula is C27H39IN2O8. The summed E-state index contributed by atoms with van der Waals surface area (Å²) in [5.74, 6) is 0.0408. The van der Waals surface area contributed by atoms with Crippen molar-refractivity contribution in [2.24, 2.45) is 0 Å². The number of hydrogen-bond acceptors (Lipinski definition) is 8. The molecule has 0 aliphatic heterocycles. The van der Waals surface area contributed by atoms with Crippen LogP contribution in [0.3, 0.4) is 0 Å². The molecule has 38 heavy (non-hydrogen) atoms. The van der Waals surface area contributed by atoms with Crippen LogP contribution in [0.4, 0.5) is 0 Å². The minimum absolute atomic E-state index is 0.0707. The van der Waals surface area contributed by atoms with Crippen LogP contribution < -0.4 is 14.8 Å². The van der Waals surface area contributed by atoms with Gasteiger partial charge in [-0.1, -0.05) is 26.2 Å². The number of amides is 2. The average Bonchev–Trinajstić information content (AvgIpc) is 2.92. The lowest BCUT2D eigenvalue weighted by Gasteiger charge is -2.40. The number of methoxy groups -OCH3 is 2. The lowest BCUT2D eigenvalue weighted by Crippen LogP contribution is -2.55. The van der Waals surface area contributed by atoms with E-state index in [0.717, 1.165) is 25.7 Å². The van der Waals surface area contributed by atoms with Crippen molar-refractivity contribution in [1.82, 2.24) is 10.2 Å². The summed E-state index contributed by atoms with van der Waals surface area (Å²) < 4.78 is 17.3. The summed E-state index contributed by atoms with van der Waals surface area (Å²) in [6.45, 7) is 2.63. The van der Waals surface area contributed by atoms with Crippen LogP contribution in [-0.2, 0) is 14.3 Å². The molecule has 0 fully saturated rings. The normalized spacial score (nSPS) is 18.9. The zero-order chi connectivity index (χ0) is 28.1. The fourth-order valence-electron chi connectivity index (χ4n) is 4.36. The van der Waals surface area contributed by atoms with Crippen LogP contribution in [0.5, 0.6) is 11.5 Å². The van der Waals surface area contributed by atoms with Gasteiger partial charge in [0.05, 0.1) is 36.4 Å². The van der Waals surface area contributed by atoms with E-state index in [1.165, 1.54) is 20.3 Å². The first-order chi connectivity index (χ1) is 18.3. The second-order valence-electron chi connectivity index (χ2n) is 9.06. The summed E-state index contributed by atoms with van der Waals surface area (Å²) in [6.07, 6.45) is 4.16. The second-order valence-corrected chi connectivity index (χ2v) is 10.2. The molecule has 0 radical (unpaired) electrons. The molecule has 2 amide bonds. The van der Waals surface area contributed by atoms with Gasteiger partial charge in [0.1, 0.15) is 18.5 Å². The van der Waals surface area contributed by atoms with E-state index >= 15 is 0 Å². The van der Waals surface area contributed by atoms with Gasteiger partial charge in [0.15, 0.2) is 11.5 Å². The number of benzene rings is 1. The number of ether oxygens (including phenoxy) is 3. The van der Waals surface area contributed by atoms with Gasteiger partial charge < -0.3 is 34.6 Å². The van der Waals surface area contributed by atoms with Crippen molar-refractivity contribution in [3.8, 4) is 11.5 Å². The van der Waals surface area contributed by atoms with E-state index < -0.39 is 24.2 Å². The molecule has 10 nitrogen and oxygen atoms in total. The van der Waals surface area contributed by atoms with Gasteiger partial charge in [-0.15, -0.1) is 0 Å². The van der Waals surface area contributed by atoms with E-state index in [2.05, 4.69) is 12.2 Å². The SMILES string of the molecule is CCCCCCN(C(=O)CCOC)[C@@H]1CC(C(=O)NCCO)=C[C@H](Oc2c(I)cc(C=O)cc2OC)[C@H]1O. The van der Waals surface area contributed by atoms with Crippen LogP contribution in [0.2, 0.25) is 0 Å². The first kappa shape index (κ1) is 32.0. The van der Waals surface area contributed by atoms with Gasteiger partial charge in [-0.2, -0.15) is 0 Å². The Morgan fingerprint density at radius 1 is 1.24 bits per heavy atom. The van der Waals surface area contributed by atoms with Gasteiger partial charge >= 0.3 is 0 Å². The number of hydrogen-bond donors (Lipinski definition) is 3. The fraction of sp³-hybridized carbons (Fsp3) is 0.593. The second kappa shape index (κ2) is 16.7. The zero-order valence-electron chi connectivity index (χ0n) is 22.3. The van der Waals surface area contributed by atoms with Crippen LogP contribution >= 0.6 is 22.6 Å². The number of rotatable bonds is 16. The largest absolute Gasteiger partial charge is 0.493 e. The third-order valence-electron chi connectivity index (χ3n) is 6.35. The van der Waals surface area contributed by atoms with Crippen LogP contribution in [0.1, 0.15) is 55.8 Å². The van der Waals surface area contributed by atoms with Crippen LogP contribution in [0.15, 0.2) is 23.8 Å². The molecule has 1 aromatic rings. The maximum Gasteiger partial charge on any atom is 0.247 e. The monoisotopic (exact) mass is 646 g/mol. The standard InChI is InChI=1S/C27H39IN2O8/c1-4-5-6-7-10-30(24(33)8-12-36-2)21-15-19(27(35)29-9-11-31)16-22(25(21)34)38-26-20(28)13-18(17-32)14-23(26)37-3/h13-14,16-17,21-22,25,31,34H,4-12,15H2,1-3H3,(H,29,35)/t21-,22+,25+/m1/s1. The predicted molar refractivity (Wildman–Crippen MR) is 150 cm³/mol. The van der Waals surface area contributed by atoms with E-state index in [4.69, 9.17) is 19.3 Å². The molecule has 1 aliphatic rings. The van der Waals surface area contributed by atoms with Crippen molar-refractivity contribution in [3.05, 3.63) is 32.9 Å². The number of carbonyl (C=O) groups is 3. The first-order valence-corrected chi connectivity index (χ1v) is 13.9. The molecule has 0 saturated carbocycles. The summed E-state index contributed by atoms with van der Waals surface area (Å²) in [7, 11) is 2.97. The number of halogens is 1. The minimum Gasteiger partial charge on any atom is -0.493 e. The lowest BCUT2D eigenvalue weighted by atomic mass is 9.87. The summed E-state index contributed by atoms with van der Waals surface area (Å²) >= 11 is 2.02. The Labute approximate surface area is 237 Å². The smallest absolute Gasteiger partial charge is 0.247 e. The molecular weight excluding hydrogens is 607 g/mol. The average molecular weight is 647 g/mol. The van der Waals surface area contributed by atoms with Gasteiger partial charge in [-0.05, 0) is 47.2 Å². The zero-order valence-corrected chi connectivity index (χ0v) is 24.4. The first-order valence-electron chi connectivity index (χ1n) is 12.9. The Morgan fingerprint density at radius 3 is 2.63 bits per heavy atom. The molecule has 0 unspecified atom stereocenters. The highest BCUT2D eigenvalue weighted by atomic mass is 127. The number of unbranched alkanes of at least 4 members (excludes halogenated alkanes) is 3. The van der Waals surface area contributed by atoms with E-state index in [0.29, 0.717) is 39.0 Å². The lowest BCUT2D eigenvalue weighted by molar-refractivity contribution is -0.139. The molecule has 1 aliphatic carbocycles. The third-order valence-corrected chi connectivity index (χ3v) is 7.15. The maximum atomic E-state index is 13.2. The Hall–Kier alpha value is -2.22. The van der Waals surface area contributed by atoms with Gasteiger partial charge in [0, 0.05) is 37.8 Å². The topological polar surface area (TPSA) is 135 Å². The van der Waals surface area contributed by atoms with Gasteiger partial charge in [-0.25, -0.2) is 0 Å². The van der Waals surface area contributed by atoms with Crippen molar-refractivity contribution in [2.75, 3.05) is 40.5 Å². The summed E-state index contributed by atoms with van der Waals surface area (Å²) in [4.78, 5) is 39.1. The molecule has 0 heterocycles. The van der Waals surface area contributed by atoms with Crippen molar-refractivity contribution < 1.29 is 38.8 Å². The third kappa shape index (κ3) is 8.92. The van der Waals surface area contributed by atoms with Crippen molar-refractivity contribution >= 4 is 40.7 Å². The maximum absolute atomic E-state index is 13.2.